The lowest BCUT2D eigenvalue weighted by Crippen LogP contribution is -2.36. The summed E-state index contributed by atoms with van der Waals surface area (Å²) < 4.78 is 10.1. The molecule has 1 aromatic carbocycles. The molecular weight excluding hydrogens is 366 g/mol. The third-order valence-corrected chi connectivity index (χ3v) is 5.15. The number of amides is 3. The molecule has 144 valence electrons. The van der Waals surface area contributed by atoms with E-state index in [1.54, 1.807) is 46.4 Å². The molecule has 0 radical (unpaired) electrons. The highest BCUT2D eigenvalue weighted by atomic mass is 32.1. The van der Waals surface area contributed by atoms with E-state index in [0.717, 1.165) is 4.88 Å². The van der Waals surface area contributed by atoms with E-state index in [4.69, 9.17) is 9.47 Å². The lowest BCUT2D eigenvalue weighted by Gasteiger charge is -2.23. The van der Waals surface area contributed by atoms with E-state index >= 15 is 0 Å². The summed E-state index contributed by atoms with van der Waals surface area (Å²) >= 11 is 1.67. The van der Waals surface area contributed by atoms with Crippen LogP contribution in [0.3, 0.4) is 0 Å². The van der Waals surface area contributed by atoms with Gasteiger partial charge in [0.15, 0.2) is 0 Å². The summed E-state index contributed by atoms with van der Waals surface area (Å²) in [6.45, 7) is 4.39. The summed E-state index contributed by atoms with van der Waals surface area (Å²) in [6.07, 6.45) is -0.367. The Balaban J connectivity index is 1.69. The predicted molar refractivity (Wildman–Crippen MR) is 105 cm³/mol. The van der Waals surface area contributed by atoms with Gasteiger partial charge in [-0.2, -0.15) is 0 Å². The van der Waals surface area contributed by atoms with E-state index < -0.39 is 0 Å². The summed E-state index contributed by atoms with van der Waals surface area (Å²) in [5, 5.41) is 2.91. The Morgan fingerprint density at radius 1 is 1.37 bits per heavy atom. The molecular formula is C19H23N3O4S. The molecule has 7 nitrogen and oxygen atoms in total. The van der Waals surface area contributed by atoms with Crippen LogP contribution < -0.4 is 10.2 Å². The van der Waals surface area contributed by atoms with Crippen molar-refractivity contribution >= 4 is 34.8 Å². The molecule has 8 heteroatoms. The van der Waals surface area contributed by atoms with Crippen LogP contribution in [0, 0.1) is 6.92 Å². The first-order valence-corrected chi connectivity index (χ1v) is 9.53. The maximum absolute atomic E-state index is 12.8. The van der Waals surface area contributed by atoms with Gasteiger partial charge in [0.05, 0.1) is 19.7 Å². The van der Waals surface area contributed by atoms with E-state index in [1.165, 1.54) is 4.88 Å². The zero-order valence-corrected chi connectivity index (χ0v) is 16.3. The molecule has 0 atom stereocenters. The Morgan fingerprint density at radius 3 is 2.89 bits per heavy atom. The van der Waals surface area contributed by atoms with E-state index in [0.29, 0.717) is 44.2 Å². The van der Waals surface area contributed by atoms with Gasteiger partial charge in [-0.3, -0.25) is 4.90 Å². The molecule has 0 unspecified atom stereocenters. The standard InChI is InChI=1S/C19H23N3O4S/c1-14-6-7-17(27-14)13-21(8-10-25-2)18(23)20-15-4-3-5-16(12-15)22-9-11-26-19(22)24/h3-7,12H,8-11,13H2,1-2H3,(H,20,23). The molecule has 1 aliphatic heterocycles. The van der Waals surface area contributed by atoms with Crippen molar-refractivity contribution in [3.8, 4) is 0 Å². The quantitative estimate of drug-likeness (QED) is 0.784. The molecule has 1 saturated heterocycles. The van der Waals surface area contributed by atoms with Crippen LogP contribution in [0.25, 0.3) is 0 Å². The highest BCUT2D eigenvalue weighted by molar-refractivity contribution is 7.11. The number of benzene rings is 1. The second-order valence-electron chi connectivity index (χ2n) is 6.17. The lowest BCUT2D eigenvalue weighted by atomic mass is 10.2. The molecule has 1 aliphatic rings. The number of methoxy groups -OCH3 is 1. The van der Waals surface area contributed by atoms with E-state index in [9.17, 15) is 9.59 Å². The molecule has 1 N–H and O–H groups in total. The Labute approximate surface area is 162 Å². The first kappa shape index (κ1) is 19.2. The van der Waals surface area contributed by atoms with Crippen molar-refractivity contribution in [1.29, 1.82) is 0 Å². The number of rotatable bonds is 7. The molecule has 0 bridgehead atoms. The Hall–Kier alpha value is -2.58. The van der Waals surface area contributed by atoms with Crippen molar-refractivity contribution in [2.45, 2.75) is 13.5 Å². The van der Waals surface area contributed by atoms with Crippen LogP contribution in [0.5, 0.6) is 0 Å². The van der Waals surface area contributed by atoms with Crippen molar-refractivity contribution in [2.75, 3.05) is 43.6 Å². The van der Waals surface area contributed by atoms with Gasteiger partial charge in [0.25, 0.3) is 0 Å². The minimum atomic E-state index is -0.367. The number of aryl methyl sites for hydroxylation is 1. The fourth-order valence-corrected chi connectivity index (χ4v) is 3.70. The Bertz CT molecular complexity index is 808. The number of hydrogen-bond acceptors (Lipinski definition) is 5. The maximum Gasteiger partial charge on any atom is 0.414 e. The minimum absolute atomic E-state index is 0.209. The highest BCUT2D eigenvalue weighted by Gasteiger charge is 2.24. The molecule has 3 amide bonds. The van der Waals surface area contributed by atoms with Crippen molar-refractivity contribution in [3.05, 3.63) is 46.2 Å². The predicted octanol–water partition coefficient (Wildman–Crippen LogP) is 3.69. The largest absolute Gasteiger partial charge is 0.447 e. The van der Waals surface area contributed by atoms with E-state index in [1.807, 2.05) is 25.1 Å². The monoisotopic (exact) mass is 389 g/mol. The number of carbonyl (C=O) groups is 2. The fourth-order valence-electron chi connectivity index (χ4n) is 2.79. The summed E-state index contributed by atoms with van der Waals surface area (Å²) in [5.74, 6) is 0. The van der Waals surface area contributed by atoms with Gasteiger partial charge in [-0.05, 0) is 37.3 Å². The van der Waals surface area contributed by atoms with Gasteiger partial charge in [-0.15, -0.1) is 11.3 Å². The molecule has 1 aromatic heterocycles. The molecule has 27 heavy (non-hydrogen) atoms. The Kier molecular flexibility index (Phi) is 6.31. The second-order valence-corrected chi connectivity index (χ2v) is 7.55. The molecule has 0 aliphatic carbocycles. The first-order valence-electron chi connectivity index (χ1n) is 8.71. The van der Waals surface area contributed by atoms with Crippen molar-refractivity contribution in [3.63, 3.8) is 0 Å². The van der Waals surface area contributed by atoms with Crippen LogP contribution in [0.4, 0.5) is 21.0 Å². The molecule has 2 heterocycles. The zero-order chi connectivity index (χ0) is 19.2. The average Bonchev–Trinajstić information content (AvgIpc) is 3.26. The van der Waals surface area contributed by atoms with Gasteiger partial charge in [-0.25, -0.2) is 9.59 Å². The topological polar surface area (TPSA) is 71.1 Å². The van der Waals surface area contributed by atoms with Gasteiger partial charge >= 0.3 is 12.1 Å². The smallest absolute Gasteiger partial charge is 0.414 e. The minimum Gasteiger partial charge on any atom is -0.447 e. The number of nitrogens with zero attached hydrogens (tertiary/aromatic N) is 2. The van der Waals surface area contributed by atoms with Gasteiger partial charge < -0.3 is 19.7 Å². The lowest BCUT2D eigenvalue weighted by molar-refractivity contribution is 0.153. The van der Waals surface area contributed by atoms with Crippen LogP contribution >= 0.6 is 11.3 Å². The van der Waals surface area contributed by atoms with Crippen molar-refractivity contribution < 1.29 is 19.1 Å². The highest BCUT2D eigenvalue weighted by Crippen LogP contribution is 2.23. The van der Waals surface area contributed by atoms with E-state index in [-0.39, 0.29) is 12.1 Å². The summed E-state index contributed by atoms with van der Waals surface area (Å²) in [4.78, 5) is 30.1. The second kappa shape index (κ2) is 8.88. The fraction of sp³-hybridized carbons (Fsp3) is 0.368. The van der Waals surface area contributed by atoms with Crippen LogP contribution in [-0.2, 0) is 16.0 Å². The maximum atomic E-state index is 12.8. The first-order chi connectivity index (χ1) is 13.1. The van der Waals surface area contributed by atoms with E-state index in [2.05, 4.69) is 5.32 Å². The third-order valence-electron chi connectivity index (χ3n) is 4.17. The van der Waals surface area contributed by atoms with Gasteiger partial charge in [0.1, 0.15) is 6.61 Å². The third kappa shape index (κ3) is 4.99. The number of thiophene rings is 1. The number of hydrogen-bond donors (Lipinski definition) is 1. The van der Waals surface area contributed by atoms with Crippen LogP contribution in [0.2, 0.25) is 0 Å². The van der Waals surface area contributed by atoms with Crippen LogP contribution in [0.15, 0.2) is 36.4 Å². The number of cyclic esters (lactones) is 1. The molecule has 0 spiro atoms. The molecule has 0 saturated carbocycles. The van der Waals surface area contributed by atoms with Crippen molar-refractivity contribution in [1.82, 2.24) is 4.90 Å². The number of nitrogens with one attached hydrogen (secondary N) is 1. The number of urea groups is 1. The number of carbonyl (C=O) groups excluding carboxylic acids is 2. The molecule has 1 fully saturated rings. The average molecular weight is 389 g/mol. The summed E-state index contributed by atoms with van der Waals surface area (Å²) in [6, 6.07) is 11.1. The number of ether oxygens (including phenoxy) is 2. The normalized spacial score (nSPS) is 13.6. The van der Waals surface area contributed by atoms with Gasteiger partial charge in [-0.1, -0.05) is 6.07 Å². The van der Waals surface area contributed by atoms with Gasteiger partial charge in [0.2, 0.25) is 0 Å². The molecule has 2 aromatic rings. The summed E-state index contributed by atoms with van der Waals surface area (Å²) in [5.41, 5.74) is 1.33. The van der Waals surface area contributed by atoms with Crippen LogP contribution in [0.1, 0.15) is 9.75 Å². The molecule has 3 rings (SSSR count). The SMILES string of the molecule is COCCN(Cc1ccc(C)s1)C(=O)Nc1cccc(N2CCOC2=O)c1. The van der Waals surface area contributed by atoms with Crippen LogP contribution in [-0.4, -0.2) is 50.4 Å². The summed E-state index contributed by atoms with van der Waals surface area (Å²) in [7, 11) is 1.62. The zero-order valence-electron chi connectivity index (χ0n) is 15.4. The van der Waals surface area contributed by atoms with Crippen molar-refractivity contribution in [2.24, 2.45) is 0 Å². The number of anilines is 2. The Morgan fingerprint density at radius 2 is 2.22 bits per heavy atom. The van der Waals surface area contributed by atoms with Gasteiger partial charge in [0, 0.05) is 34.8 Å².